The molecule has 3 aromatic rings. The van der Waals surface area contributed by atoms with E-state index in [1.807, 2.05) is 42.5 Å². The zero-order chi connectivity index (χ0) is 23.4. The Labute approximate surface area is 189 Å². The van der Waals surface area contributed by atoms with Gasteiger partial charge in [0.1, 0.15) is 11.5 Å². The number of anilines is 1. The lowest BCUT2D eigenvalue weighted by atomic mass is 10.1. The molecule has 1 saturated heterocycles. The summed E-state index contributed by atoms with van der Waals surface area (Å²) >= 11 is 0. The number of benzene rings is 2. The maximum Gasteiger partial charge on any atom is 0.325 e. The third-order valence-corrected chi connectivity index (χ3v) is 5.47. The van der Waals surface area contributed by atoms with E-state index in [1.54, 1.807) is 24.0 Å². The van der Waals surface area contributed by atoms with Crippen molar-refractivity contribution in [3.05, 3.63) is 86.7 Å². The fraction of sp³-hybridized carbons (Fsp3) is 0.250. The SMILES string of the molecule is Cc1[nH]c(=O)[nH]c(=O)c1CCC(=O)NC1CC(=O)N(c2ccc(Oc3ccccc3)cc2)C1. The monoisotopic (exact) mass is 448 g/mol. The van der Waals surface area contributed by atoms with Crippen molar-refractivity contribution in [3.8, 4) is 11.5 Å². The first-order chi connectivity index (χ1) is 15.9. The molecule has 33 heavy (non-hydrogen) atoms. The molecular formula is C24H24N4O5. The molecule has 9 heteroatoms. The van der Waals surface area contributed by atoms with E-state index in [4.69, 9.17) is 4.74 Å². The molecule has 0 spiro atoms. The van der Waals surface area contributed by atoms with Gasteiger partial charge in [-0.3, -0.25) is 19.4 Å². The third kappa shape index (κ3) is 5.38. The van der Waals surface area contributed by atoms with Crippen LogP contribution in [-0.2, 0) is 16.0 Å². The molecule has 2 aromatic carbocycles. The third-order valence-electron chi connectivity index (χ3n) is 5.47. The second-order valence-electron chi connectivity index (χ2n) is 7.89. The number of ether oxygens (including phenoxy) is 1. The van der Waals surface area contributed by atoms with E-state index in [9.17, 15) is 19.2 Å². The molecule has 0 aliphatic carbocycles. The average Bonchev–Trinajstić information content (AvgIpc) is 3.14. The molecule has 9 nitrogen and oxygen atoms in total. The number of H-pyrrole nitrogens is 2. The predicted octanol–water partition coefficient (Wildman–Crippen LogP) is 2.02. The van der Waals surface area contributed by atoms with Crippen LogP contribution in [0.25, 0.3) is 0 Å². The standard InChI is InChI=1S/C24H24N4O5/c1-15-20(23(31)27-24(32)25-15)11-12-21(29)26-16-13-22(30)28(14-16)17-7-9-19(10-8-17)33-18-5-3-2-4-6-18/h2-10,16H,11-14H2,1H3,(H,26,29)(H2,25,27,31,32). The number of hydrogen-bond acceptors (Lipinski definition) is 5. The van der Waals surface area contributed by atoms with Crippen molar-refractivity contribution in [2.75, 3.05) is 11.4 Å². The van der Waals surface area contributed by atoms with Crippen molar-refractivity contribution in [2.24, 2.45) is 0 Å². The minimum absolute atomic E-state index is 0.0756. The molecule has 4 rings (SSSR count). The number of hydrogen-bond donors (Lipinski definition) is 3. The van der Waals surface area contributed by atoms with Gasteiger partial charge >= 0.3 is 5.69 Å². The van der Waals surface area contributed by atoms with Gasteiger partial charge in [0, 0.05) is 36.3 Å². The van der Waals surface area contributed by atoms with E-state index in [0.717, 1.165) is 11.4 Å². The molecule has 2 amide bonds. The van der Waals surface area contributed by atoms with Gasteiger partial charge in [-0.15, -0.1) is 0 Å². The Hall–Kier alpha value is -4.14. The van der Waals surface area contributed by atoms with Crippen LogP contribution in [-0.4, -0.2) is 34.4 Å². The summed E-state index contributed by atoms with van der Waals surface area (Å²) in [5, 5.41) is 2.86. The highest BCUT2D eigenvalue weighted by Crippen LogP contribution is 2.27. The number of carbonyl (C=O) groups excluding carboxylic acids is 2. The Bertz CT molecular complexity index is 1260. The summed E-state index contributed by atoms with van der Waals surface area (Å²) in [6, 6.07) is 16.3. The smallest absolute Gasteiger partial charge is 0.325 e. The van der Waals surface area contributed by atoms with E-state index in [2.05, 4.69) is 15.3 Å². The van der Waals surface area contributed by atoms with Gasteiger partial charge in [-0.2, -0.15) is 0 Å². The molecule has 1 unspecified atom stereocenters. The van der Waals surface area contributed by atoms with E-state index >= 15 is 0 Å². The van der Waals surface area contributed by atoms with Crippen LogP contribution in [0, 0.1) is 6.92 Å². The summed E-state index contributed by atoms with van der Waals surface area (Å²) in [6.07, 6.45) is 0.468. The predicted molar refractivity (Wildman–Crippen MR) is 123 cm³/mol. The number of aryl methyl sites for hydroxylation is 1. The Morgan fingerprint density at radius 3 is 2.42 bits per heavy atom. The highest BCUT2D eigenvalue weighted by molar-refractivity contribution is 5.96. The zero-order valence-corrected chi connectivity index (χ0v) is 18.1. The van der Waals surface area contributed by atoms with Crippen molar-refractivity contribution in [3.63, 3.8) is 0 Å². The number of carbonyl (C=O) groups is 2. The van der Waals surface area contributed by atoms with Gasteiger partial charge in [-0.05, 0) is 49.7 Å². The Kier molecular flexibility index (Phi) is 6.39. The van der Waals surface area contributed by atoms with Crippen molar-refractivity contribution >= 4 is 17.5 Å². The largest absolute Gasteiger partial charge is 0.457 e. The molecule has 2 heterocycles. The van der Waals surface area contributed by atoms with Gasteiger partial charge in [0.2, 0.25) is 11.8 Å². The number of nitrogens with one attached hydrogen (secondary N) is 3. The molecule has 170 valence electrons. The molecule has 0 saturated carbocycles. The Morgan fingerprint density at radius 1 is 1.03 bits per heavy atom. The van der Waals surface area contributed by atoms with Crippen molar-refractivity contribution in [2.45, 2.75) is 32.2 Å². The van der Waals surface area contributed by atoms with Gasteiger partial charge in [0.25, 0.3) is 5.56 Å². The molecule has 0 radical (unpaired) electrons. The highest BCUT2D eigenvalue weighted by atomic mass is 16.5. The number of amides is 2. The Balaban J connectivity index is 1.32. The van der Waals surface area contributed by atoms with Crippen LogP contribution in [0.4, 0.5) is 5.69 Å². The number of para-hydroxylation sites is 1. The second kappa shape index (κ2) is 9.56. The lowest BCUT2D eigenvalue weighted by Crippen LogP contribution is -2.37. The fourth-order valence-electron chi connectivity index (χ4n) is 3.84. The average molecular weight is 448 g/mol. The second-order valence-corrected chi connectivity index (χ2v) is 7.89. The number of rotatable bonds is 7. The van der Waals surface area contributed by atoms with Crippen LogP contribution in [0.3, 0.4) is 0 Å². The van der Waals surface area contributed by atoms with Gasteiger partial charge in [0.15, 0.2) is 0 Å². The lowest BCUT2D eigenvalue weighted by molar-refractivity contribution is -0.121. The first kappa shape index (κ1) is 22.1. The van der Waals surface area contributed by atoms with Crippen LogP contribution >= 0.6 is 0 Å². The summed E-state index contributed by atoms with van der Waals surface area (Å²) in [4.78, 5) is 54.4. The number of aromatic amines is 2. The summed E-state index contributed by atoms with van der Waals surface area (Å²) in [5.74, 6) is 1.05. The molecule has 1 aliphatic rings. The Morgan fingerprint density at radius 2 is 1.73 bits per heavy atom. The zero-order valence-electron chi connectivity index (χ0n) is 18.1. The minimum atomic E-state index is -0.574. The van der Waals surface area contributed by atoms with Crippen molar-refractivity contribution < 1.29 is 14.3 Å². The van der Waals surface area contributed by atoms with Gasteiger partial charge < -0.3 is 19.9 Å². The summed E-state index contributed by atoms with van der Waals surface area (Å²) in [6.45, 7) is 1.98. The quantitative estimate of drug-likeness (QED) is 0.510. The fourth-order valence-corrected chi connectivity index (χ4v) is 3.84. The van der Waals surface area contributed by atoms with E-state index in [-0.39, 0.29) is 37.1 Å². The van der Waals surface area contributed by atoms with E-state index in [0.29, 0.717) is 23.6 Å². The van der Waals surface area contributed by atoms with E-state index in [1.165, 1.54) is 0 Å². The summed E-state index contributed by atoms with van der Waals surface area (Å²) < 4.78 is 5.78. The number of aromatic nitrogens is 2. The molecule has 3 N–H and O–H groups in total. The summed E-state index contributed by atoms with van der Waals surface area (Å²) in [7, 11) is 0. The molecule has 1 aromatic heterocycles. The van der Waals surface area contributed by atoms with Crippen LogP contribution < -0.4 is 26.2 Å². The topological polar surface area (TPSA) is 124 Å². The molecule has 1 fully saturated rings. The van der Waals surface area contributed by atoms with Crippen molar-refractivity contribution in [1.29, 1.82) is 0 Å². The maximum atomic E-state index is 12.5. The molecular weight excluding hydrogens is 424 g/mol. The van der Waals surface area contributed by atoms with Crippen LogP contribution in [0.2, 0.25) is 0 Å². The summed E-state index contributed by atoms with van der Waals surface area (Å²) in [5.41, 5.74) is 0.471. The lowest BCUT2D eigenvalue weighted by Gasteiger charge is -2.18. The van der Waals surface area contributed by atoms with Gasteiger partial charge in [-0.25, -0.2) is 4.79 Å². The van der Waals surface area contributed by atoms with Gasteiger partial charge in [-0.1, -0.05) is 18.2 Å². The van der Waals surface area contributed by atoms with Gasteiger partial charge in [0.05, 0.1) is 6.04 Å². The maximum absolute atomic E-state index is 12.5. The van der Waals surface area contributed by atoms with Crippen LogP contribution in [0.1, 0.15) is 24.1 Å². The molecule has 1 aliphatic heterocycles. The minimum Gasteiger partial charge on any atom is -0.457 e. The number of nitrogens with zero attached hydrogens (tertiary/aromatic N) is 1. The normalized spacial score (nSPS) is 15.5. The van der Waals surface area contributed by atoms with Crippen LogP contribution in [0.5, 0.6) is 11.5 Å². The molecule has 0 bridgehead atoms. The molecule has 1 atom stereocenters. The first-order valence-corrected chi connectivity index (χ1v) is 10.6. The van der Waals surface area contributed by atoms with Crippen molar-refractivity contribution in [1.82, 2.24) is 15.3 Å². The van der Waals surface area contributed by atoms with Crippen LogP contribution in [0.15, 0.2) is 64.2 Å². The highest BCUT2D eigenvalue weighted by Gasteiger charge is 2.31. The first-order valence-electron chi connectivity index (χ1n) is 10.6. The van der Waals surface area contributed by atoms with E-state index < -0.39 is 11.2 Å².